The van der Waals surface area contributed by atoms with E-state index in [1.165, 1.54) is 12.1 Å². The van der Waals surface area contributed by atoms with E-state index in [1.54, 1.807) is 24.3 Å². The molecule has 0 saturated carbocycles. The molecule has 0 amide bonds. The summed E-state index contributed by atoms with van der Waals surface area (Å²) < 4.78 is 43.3. The smallest absolute Gasteiger partial charge is 0.433 e. The Hall–Kier alpha value is -3.14. The number of nitriles is 1. The first kappa shape index (κ1) is 14.8. The maximum absolute atomic E-state index is 12.7. The van der Waals surface area contributed by atoms with Crippen LogP contribution in [0.5, 0.6) is 11.6 Å². The lowest BCUT2D eigenvalue weighted by Crippen LogP contribution is -2.07. The predicted molar refractivity (Wildman–Crippen MR) is 75.8 cm³/mol. The molecule has 0 atom stereocenters. The van der Waals surface area contributed by atoms with Crippen molar-refractivity contribution in [3.05, 3.63) is 59.9 Å². The van der Waals surface area contributed by atoms with Crippen LogP contribution in [0.1, 0.15) is 11.3 Å². The molecule has 0 N–H and O–H groups in total. The van der Waals surface area contributed by atoms with Gasteiger partial charge in [0, 0.05) is 23.7 Å². The lowest BCUT2D eigenvalue weighted by molar-refractivity contribution is -0.141. The van der Waals surface area contributed by atoms with E-state index in [1.807, 2.05) is 6.07 Å². The highest BCUT2D eigenvalue weighted by molar-refractivity contribution is 5.85. The minimum absolute atomic E-state index is 0.0413. The predicted octanol–water partition coefficient (Wildman–Crippen LogP) is 4.31. The van der Waals surface area contributed by atoms with Crippen LogP contribution in [0, 0.1) is 11.3 Å². The van der Waals surface area contributed by atoms with Gasteiger partial charge in [-0.25, -0.2) is 4.98 Å². The third-order valence-corrected chi connectivity index (χ3v) is 3.06. The van der Waals surface area contributed by atoms with Gasteiger partial charge in [-0.15, -0.1) is 0 Å². The number of para-hydroxylation sites is 1. The van der Waals surface area contributed by atoms with E-state index in [4.69, 9.17) is 4.74 Å². The second kappa shape index (κ2) is 5.57. The molecule has 0 spiro atoms. The van der Waals surface area contributed by atoms with Gasteiger partial charge in [-0.2, -0.15) is 18.4 Å². The average Bonchev–Trinajstić information content (AvgIpc) is 2.53. The number of ether oxygens (including phenoxy) is 1. The zero-order valence-electron chi connectivity index (χ0n) is 11.5. The summed E-state index contributed by atoms with van der Waals surface area (Å²) in [5, 5.41) is 9.83. The number of halogens is 3. The summed E-state index contributed by atoms with van der Waals surface area (Å²) in [4.78, 5) is 7.45. The van der Waals surface area contributed by atoms with Crippen molar-refractivity contribution in [3.8, 4) is 17.7 Å². The second-order valence-corrected chi connectivity index (χ2v) is 4.61. The van der Waals surface area contributed by atoms with E-state index in [9.17, 15) is 18.4 Å². The van der Waals surface area contributed by atoms with Crippen molar-refractivity contribution >= 4 is 10.9 Å². The van der Waals surface area contributed by atoms with E-state index in [2.05, 4.69) is 9.97 Å². The maximum Gasteiger partial charge on any atom is 0.433 e. The number of pyridine rings is 2. The van der Waals surface area contributed by atoms with E-state index in [-0.39, 0.29) is 11.6 Å². The quantitative estimate of drug-likeness (QED) is 0.707. The van der Waals surface area contributed by atoms with Gasteiger partial charge < -0.3 is 4.74 Å². The highest BCUT2D eigenvalue weighted by Crippen LogP contribution is 2.31. The molecule has 3 aromatic rings. The molecule has 0 bridgehead atoms. The Balaban J connectivity index is 2.01. The van der Waals surface area contributed by atoms with Crippen molar-refractivity contribution in [3.63, 3.8) is 0 Å². The number of benzene rings is 1. The van der Waals surface area contributed by atoms with Gasteiger partial charge in [-0.1, -0.05) is 18.2 Å². The Labute approximate surface area is 128 Å². The first-order valence-electron chi connectivity index (χ1n) is 6.48. The molecule has 0 saturated heterocycles. The number of fused-ring (bicyclic) bond motifs is 1. The number of hydrogen-bond donors (Lipinski definition) is 0. The van der Waals surface area contributed by atoms with Crippen LogP contribution in [0.3, 0.4) is 0 Å². The fourth-order valence-electron chi connectivity index (χ4n) is 2.05. The van der Waals surface area contributed by atoms with Gasteiger partial charge >= 0.3 is 6.18 Å². The van der Waals surface area contributed by atoms with Crippen LogP contribution in [0.25, 0.3) is 10.9 Å². The van der Waals surface area contributed by atoms with E-state index >= 15 is 0 Å². The number of nitrogens with zero attached hydrogens (tertiary/aromatic N) is 3. The normalized spacial score (nSPS) is 11.2. The Kier molecular flexibility index (Phi) is 3.58. The molecule has 7 heteroatoms. The molecule has 2 aromatic heterocycles. The molecule has 1 aromatic carbocycles. The molecule has 0 fully saturated rings. The van der Waals surface area contributed by atoms with Crippen LogP contribution < -0.4 is 4.74 Å². The third-order valence-electron chi connectivity index (χ3n) is 3.06. The van der Waals surface area contributed by atoms with Crippen LogP contribution in [-0.4, -0.2) is 9.97 Å². The van der Waals surface area contributed by atoms with E-state index in [0.717, 1.165) is 12.3 Å². The average molecular weight is 315 g/mol. The Morgan fingerprint density at radius 3 is 2.61 bits per heavy atom. The minimum atomic E-state index is -4.56. The summed E-state index contributed by atoms with van der Waals surface area (Å²) in [5.74, 6) is -0.0152. The number of rotatable bonds is 2. The Bertz CT molecular complexity index is 916. The van der Waals surface area contributed by atoms with Gasteiger partial charge in [-0.3, -0.25) is 4.98 Å². The molecule has 0 radical (unpaired) electrons. The molecule has 23 heavy (non-hydrogen) atoms. The van der Waals surface area contributed by atoms with Crippen molar-refractivity contribution in [2.24, 2.45) is 0 Å². The second-order valence-electron chi connectivity index (χ2n) is 4.61. The SMILES string of the molecule is N#Cc1cc(Oc2ccnc(C(F)(F)F)c2)nc2ccccc12. The third kappa shape index (κ3) is 3.06. The van der Waals surface area contributed by atoms with Crippen LogP contribution in [-0.2, 0) is 6.18 Å². The van der Waals surface area contributed by atoms with Crippen molar-refractivity contribution in [2.75, 3.05) is 0 Å². The van der Waals surface area contributed by atoms with Gasteiger partial charge in [0.25, 0.3) is 0 Å². The summed E-state index contributed by atoms with van der Waals surface area (Å²) in [6.45, 7) is 0. The summed E-state index contributed by atoms with van der Waals surface area (Å²) in [6, 6.07) is 12.4. The largest absolute Gasteiger partial charge is 0.439 e. The Morgan fingerprint density at radius 1 is 1.09 bits per heavy atom. The van der Waals surface area contributed by atoms with Crippen LogP contribution in [0.15, 0.2) is 48.7 Å². The lowest BCUT2D eigenvalue weighted by Gasteiger charge is -2.09. The van der Waals surface area contributed by atoms with Crippen molar-refractivity contribution < 1.29 is 17.9 Å². The van der Waals surface area contributed by atoms with E-state index < -0.39 is 11.9 Å². The van der Waals surface area contributed by atoms with Crippen LogP contribution in [0.2, 0.25) is 0 Å². The Morgan fingerprint density at radius 2 is 1.87 bits per heavy atom. The zero-order chi connectivity index (χ0) is 16.4. The summed E-state index contributed by atoms with van der Waals surface area (Å²) >= 11 is 0. The van der Waals surface area contributed by atoms with Crippen LogP contribution >= 0.6 is 0 Å². The van der Waals surface area contributed by atoms with Crippen molar-refractivity contribution in [1.82, 2.24) is 9.97 Å². The van der Waals surface area contributed by atoms with Gasteiger partial charge in [0.05, 0.1) is 11.1 Å². The summed E-state index contributed by atoms with van der Waals surface area (Å²) in [7, 11) is 0. The first-order valence-corrected chi connectivity index (χ1v) is 6.48. The van der Waals surface area contributed by atoms with Gasteiger partial charge in [0.2, 0.25) is 5.88 Å². The van der Waals surface area contributed by atoms with Gasteiger partial charge in [0.1, 0.15) is 17.5 Å². The molecule has 4 nitrogen and oxygen atoms in total. The van der Waals surface area contributed by atoms with Gasteiger partial charge in [-0.05, 0) is 12.1 Å². The summed E-state index contributed by atoms with van der Waals surface area (Å²) in [5.41, 5.74) is -0.210. The molecule has 0 unspecified atom stereocenters. The van der Waals surface area contributed by atoms with Crippen molar-refractivity contribution in [1.29, 1.82) is 5.26 Å². The highest BCUT2D eigenvalue weighted by atomic mass is 19.4. The van der Waals surface area contributed by atoms with Gasteiger partial charge in [0.15, 0.2) is 0 Å². The molecule has 114 valence electrons. The molecule has 0 aliphatic rings. The topological polar surface area (TPSA) is 58.8 Å². The van der Waals surface area contributed by atoms with Crippen LogP contribution in [0.4, 0.5) is 13.2 Å². The highest BCUT2D eigenvalue weighted by Gasteiger charge is 2.32. The molecular formula is C16H8F3N3O. The summed E-state index contributed by atoms with van der Waals surface area (Å²) in [6.07, 6.45) is -3.56. The number of aromatic nitrogens is 2. The fourth-order valence-corrected chi connectivity index (χ4v) is 2.05. The molecule has 0 aliphatic carbocycles. The molecular weight excluding hydrogens is 307 g/mol. The number of hydrogen-bond acceptors (Lipinski definition) is 4. The minimum Gasteiger partial charge on any atom is -0.439 e. The first-order chi connectivity index (χ1) is 11.0. The monoisotopic (exact) mass is 315 g/mol. The lowest BCUT2D eigenvalue weighted by atomic mass is 10.1. The molecule has 2 heterocycles. The molecule has 0 aliphatic heterocycles. The van der Waals surface area contributed by atoms with Crippen molar-refractivity contribution in [2.45, 2.75) is 6.18 Å². The maximum atomic E-state index is 12.7. The number of alkyl halides is 3. The van der Waals surface area contributed by atoms with E-state index in [0.29, 0.717) is 16.5 Å². The molecule has 3 rings (SSSR count). The standard InChI is InChI=1S/C16H8F3N3O/c17-16(18,19)14-8-11(5-6-21-14)23-15-7-10(9-20)12-3-1-2-4-13(12)22-15/h1-8H. The fraction of sp³-hybridized carbons (Fsp3) is 0.0625. The zero-order valence-corrected chi connectivity index (χ0v) is 11.5.